The van der Waals surface area contributed by atoms with Crippen molar-refractivity contribution >= 4 is 48.6 Å². The summed E-state index contributed by atoms with van der Waals surface area (Å²) in [6, 6.07) is 81.3. The fourth-order valence-corrected chi connectivity index (χ4v) is 9.19. The van der Waals surface area contributed by atoms with Crippen molar-refractivity contribution in [1.29, 1.82) is 0 Å². The smallest absolute Gasteiger partial charge is 0.0640 e. The van der Waals surface area contributed by atoms with E-state index in [1.54, 1.807) is 0 Å². The third-order valence-corrected chi connectivity index (χ3v) is 11.9. The van der Waals surface area contributed by atoms with Gasteiger partial charge in [-0.15, -0.1) is 11.3 Å². The van der Waals surface area contributed by atoms with Gasteiger partial charge in [-0.3, -0.25) is 0 Å². The Hall–Kier alpha value is -7.00. The van der Waals surface area contributed by atoms with Crippen LogP contribution in [0.25, 0.3) is 75.8 Å². The van der Waals surface area contributed by atoms with Gasteiger partial charge >= 0.3 is 0 Å². The number of hydrogen-bond acceptors (Lipinski definition) is 2. The van der Waals surface area contributed by atoms with Crippen molar-refractivity contribution in [1.82, 2.24) is 0 Å². The summed E-state index contributed by atoms with van der Waals surface area (Å²) in [5.41, 5.74) is 15.4. The van der Waals surface area contributed by atoms with Crippen molar-refractivity contribution < 1.29 is 0 Å². The first-order valence-electron chi connectivity index (χ1n) is 19.1. The molecule has 0 amide bonds. The maximum absolute atomic E-state index is 2.42. The van der Waals surface area contributed by atoms with Crippen LogP contribution in [0.3, 0.4) is 0 Å². The van der Waals surface area contributed by atoms with Gasteiger partial charge in [0.2, 0.25) is 0 Å². The van der Waals surface area contributed by atoms with Gasteiger partial charge in [0, 0.05) is 26.8 Å². The van der Waals surface area contributed by atoms with Gasteiger partial charge in [0.25, 0.3) is 0 Å². The van der Waals surface area contributed by atoms with Crippen LogP contribution in [-0.4, -0.2) is 0 Å². The third-order valence-electron chi connectivity index (χ3n) is 10.7. The van der Waals surface area contributed by atoms with E-state index in [9.17, 15) is 0 Å². The summed E-state index contributed by atoms with van der Waals surface area (Å²) < 4.78 is 2.57. The molecule has 10 rings (SSSR count). The van der Waals surface area contributed by atoms with Crippen LogP contribution in [-0.2, 0) is 0 Å². The van der Waals surface area contributed by atoms with Crippen LogP contribution < -0.4 is 4.90 Å². The molecule has 264 valence electrons. The van der Waals surface area contributed by atoms with Crippen molar-refractivity contribution in [2.24, 2.45) is 0 Å². The molecule has 2 heteroatoms. The van der Waals surface area contributed by atoms with E-state index in [0.717, 1.165) is 11.4 Å². The zero-order valence-electron chi connectivity index (χ0n) is 30.7. The molecular formula is C54H37NS. The van der Waals surface area contributed by atoms with Gasteiger partial charge in [0.05, 0.1) is 10.4 Å². The van der Waals surface area contributed by atoms with Crippen LogP contribution >= 0.6 is 11.3 Å². The molecule has 0 aliphatic heterocycles. The van der Waals surface area contributed by atoms with Crippen molar-refractivity contribution in [2.45, 2.75) is 0 Å². The summed E-state index contributed by atoms with van der Waals surface area (Å²) >= 11 is 1.86. The normalized spacial score (nSPS) is 11.2. The highest BCUT2D eigenvalue weighted by molar-refractivity contribution is 7.26. The molecular weight excluding hydrogens is 695 g/mol. The van der Waals surface area contributed by atoms with Gasteiger partial charge in [-0.25, -0.2) is 0 Å². The molecule has 0 aliphatic carbocycles. The Labute approximate surface area is 332 Å². The van der Waals surface area contributed by atoms with Gasteiger partial charge in [-0.2, -0.15) is 0 Å². The maximum atomic E-state index is 2.42. The first-order chi connectivity index (χ1) is 27.8. The predicted octanol–water partition coefficient (Wildman–Crippen LogP) is 15.9. The molecule has 1 heterocycles. The Balaban J connectivity index is 1.16. The molecule has 0 atom stereocenters. The minimum absolute atomic E-state index is 1.11. The monoisotopic (exact) mass is 731 g/mol. The SMILES string of the molecule is c1ccc(-c2ccc(N(c3ccc(-c4c(-c5ccccc5)cc(-c5ccccc5)cc4-c4ccccc4)cc3)c3cccc4c3sc3ccccc34)cc2)cc1. The van der Waals surface area contributed by atoms with E-state index in [1.807, 2.05) is 11.3 Å². The van der Waals surface area contributed by atoms with Crippen LogP contribution in [0.2, 0.25) is 0 Å². The molecule has 0 fully saturated rings. The van der Waals surface area contributed by atoms with Crippen molar-refractivity contribution in [3.05, 3.63) is 224 Å². The Bertz CT molecular complexity index is 2850. The van der Waals surface area contributed by atoms with Gasteiger partial charge in [0.1, 0.15) is 0 Å². The molecule has 56 heavy (non-hydrogen) atoms. The van der Waals surface area contributed by atoms with Crippen molar-refractivity contribution in [2.75, 3.05) is 4.90 Å². The molecule has 0 radical (unpaired) electrons. The lowest BCUT2D eigenvalue weighted by Gasteiger charge is -2.27. The van der Waals surface area contributed by atoms with Gasteiger partial charge < -0.3 is 4.90 Å². The third kappa shape index (κ3) is 6.26. The molecule has 0 bridgehead atoms. The number of thiophene rings is 1. The fourth-order valence-electron chi connectivity index (χ4n) is 7.99. The molecule has 0 unspecified atom stereocenters. The second-order valence-corrected chi connectivity index (χ2v) is 15.1. The zero-order valence-corrected chi connectivity index (χ0v) is 31.5. The molecule has 0 aliphatic rings. The standard InChI is InChI=1S/C54H37NS/c1-5-16-38(17-6-1)40-28-32-45(33-29-40)55(51-26-15-25-48-47-24-13-14-27-52(47)56-54(48)51)46-34-30-43(31-35-46)53-49(41-20-9-3-10-21-41)36-44(39-18-7-2-8-19-39)37-50(53)42-22-11-4-12-23-42/h1-37H. The number of hydrogen-bond donors (Lipinski definition) is 0. The Morgan fingerprint density at radius 1 is 0.304 bits per heavy atom. The molecule has 0 saturated carbocycles. The lowest BCUT2D eigenvalue weighted by molar-refractivity contribution is 1.30. The predicted molar refractivity (Wildman–Crippen MR) is 241 cm³/mol. The summed E-state index contributed by atoms with van der Waals surface area (Å²) in [7, 11) is 0. The van der Waals surface area contributed by atoms with E-state index in [4.69, 9.17) is 0 Å². The zero-order chi connectivity index (χ0) is 37.3. The quantitative estimate of drug-likeness (QED) is 0.150. The Morgan fingerprint density at radius 2 is 0.732 bits per heavy atom. The Morgan fingerprint density at radius 3 is 1.29 bits per heavy atom. The van der Waals surface area contributed by atoms with Gasteiger partial charge in [-0.1, -0.05) is 176 Å². The van der Waals surface area contributed by atoms with Crippen LogP contribution in [0.4, 0.5) is 17.1 Å². The lowest BCUT2D eigenvalue weighted by atomic mass is 9.84. The second kappa shape index (κ2) is 14.7. The number of rotatable bonds is 8. The van der Waals surface area contributed by atoms with Crippen molar-refractivity contribution in [3.63, 3.8) is 0 Å². The van der Waals surface area contributed by atoms with E-state index in [2.05, 4.69) is 229 Å². The number of nitrogens with zero attached hydrogens (tertiary/aromatic N) is 1. The maximum Gasteiger partial charge on any atom is 0.0640 e. The Kier molecular flexibility index (Phi) is 8.79. The van der Waals surface area contributed by atoms with E-state index in [0.29, 0.717) is 0 Å². The highest BCUT2D eigenvalue weighted by Crippen LogP contribution is 2.47. The molecule has 0 N–H and O–H groups in total. The van der Waals surface area contributed by atoms with Gasteiger partial charge in [-0.05, 0) is 104 Å². The number of anilines is 3. The average molecular weight is 732 g/mol. The van der Waals surface area contributed by atoms with Crippen LogP contribution in [0.1, 0.15) is 0 Å². The minimum Gasteiger partial charge on any atom is -0.309 e. The van der Waals surface area contributed by atoms with E-state index >= 15 is 0 Å². The summed E-state index contributed by atoms with van der Waals surface area (Å²) in [5, 5.41) is 2.58. The van der Waals surface area contributed by atoms with Gasteiger partial charge in [0.15, 0.2) is 0 Å². The molecule has 0 saturated heterocycles. The second-order valence-electron chi connectivity index (χ2n) is 14.1. The molecule has 0 spiro atoms. The summed E-state index contributed by atoms with van der Waals surface area (Å²) in [6.07, 6.45) is 0. The van der Waals surface area contributed by atoms with Crippen LogP contribution in [0.15, 0.2) is 224 Å². The highest BCUT2D eigenvalue weighted by Gasteiger charge is 2.21. The first kappa shape index (κ1) is 33.6. The number of benzene rings is 9. The molecule has 1 aromatic heterocycles. The molecule has 1 nitrogen and oxygen atoms in total. The summed E-state index contributed by atoms with van der Waals surface area (Å²) in [5.74, 6) is 0. The molecule has 9 aromatic carbocycles. The lowest BCUT2D eigenvalue weighted by Crippen LogP contribution is -2.10. The topological polar surface area (TPSA) is 3.24 Å². The fraction of sp³-hybridized carbons (Fsp3) is 0. The largest absolute Gasteiger partial charge is 0.309 e. The van der Waals surface area contributed by atoms with Crippen LogP contribution in [0, 0.1) is 0 Å². The summed E-state index contributed by atoms with van der Waals surface area (Å²) in [6.45, 7) is 0. The molecule has 10 aromatic rings. The van der Waals surface area contributed by atoms with E-state index < -0.39 is 0 Å². The first-order valence-corrected chi connectivity index (χ1v) is 19.9. The summed E-state index contributed by atoms with van der Waals surface area (Å²) in [4.78, 5) is 2.42. The number of fused-ring (bicyclic) bond motifs is 3. The average Bonchev–Trinajstić information content (AvgIpc) is 3.67. The van der Waals surface area contributed by atoms with E-state index in [-0.39, 0.29) is 0 Å². The minimum atomic E-state index is 1.11. The van der Waals surface area contributed by atoms with Crippen LogP contribution in [0.5, 0.6) is 0 Å². The van der Waals surface area contributed by atoms with Crippen molar-refractivity contribution in [3.8, 4) is 55.6 Å². The highest BCUT2D eigenvalue weighted by atomic mass is 32.1. The van der Waals surface area contributed by atoms with E-state index in [1.165, 1.54) is 81.5 Å².